The SMILES string of the molecule is CN1C(=O)c2cc(NC(=O)c3ccccc3Cl)ccc2Oc2ccccc21. The monoisotopic (exact) mass is 378 g/mol. The lowest BCUT2D eigenvalue weighted by molar-refractivity contribution is 0.0990. The van der Waals surface area contributed by atoms with Gasteiger partial charge in [0.05, 0.1) is 21.8 Å². The van der Waals surface area contributed by atoms with E-state index >= 15 is 0 Å². The molecule has 0 atom stereocenters. The first-order valence-electron chi connectivity index (χ1n) is 8.29. The number of nitrogens with zero attached hydrogens (tertiary/aromatic N) is 1. The Labute approximate surface area is 161 Å². The Morgan fingerprint density at radius 1 is 1.00 bits per heavy atom. The molecule has 1 aliphatic heterocycles. The number of rotatable bonds is 2. The summed E-state index contributed by atoms with van der Waals surface area (Å²) in [6, 6.07) is 19.1. The first-order chi connectivity index (χ1) is 13.0. The standard InChI is InChI=1S/C21H15ClN2O3/c1-24-17-8-4-5-9-19(17)27-18-11-10-13(12-15(18)21(24)26)23-20(25)14-6-2-3-7-16(14)22/h2-12H,1H3,(H,23,25). The lowest BCUT2D eigenvalue weighted by atomic mass is 10.1. The third-order valence-corrected chi connectivity index (χ3v) is 4.67. The van der Waals surface area contributed by atoms with Gasteiger partial charge >= 0.3 is 0 Å². The summed E-state index contributed by atoms with van der Waals surface area (Å²) < 4.78 is 5.91. The highest BCUT2D eigenvalue weighted by atomic mass is 35.5. The summed E-state index contributed by atoms with van der Waals surface area (Å²) in [6.45, 7) is 0. The van der Waals surface area contributed by atoms with E-state index in [1.807, 2.05) is 18.2 Å². The molecule has 0 saturated carbocycles. The van der Waals surface area contributed by atoms with Crippen LogP contribution in [0.5, 0.6) is 11.5 Å². The molecule has 1 N–H and O–H groups in total. The smallest absolute Gasteiger partial charge is 0.261 e. The van der Waals surface area contributed by atoms with E-state index in [1.54, 1.807) is 55.6 Å². The van der Waals surface area contributed by atoms with Gasteiger partial charge in [0, 0.05) is 12.7 Å². The van der Waals surface area contributed by atoms with Gasteiger partial charge in [-0.25, -0.2) is 0 Å². The number of halogens is 1. The number of nitrogens with one attached hydrogen (secondary N) is 1. The van der Waals surface area contributed by atoms with Crippen LogP contribution in [-0.4, -0.2) is 18.9 Å². The Bertz CT molecular complexity index is 1060. The number of fused-ring (bicyclic) bond motifs is 2. The highest BCUT2D eigenvalue weighted by Gasteiger charge is 2.26. The molecule has 0 fully saturated rings. The average molecular weight is 379 g/mol. The second-order valence-corrected chi connectivity index (χ2v) is 6.49. The van der Waals surface area contributed by atoms with Gasteiger partial charge in [0.15, 0.2) is 5.75 Å². The molecular formula is C21H15ClN2O3. The highest BCUT2D eigenvalue weighted by Crippen LogP contribution is 2.38. The maximum absolute atomic E-state index is 12.9. The van der Waals surface area contributed by atoms with Gasteiger partial charge < -0.3 is 15.0 Å². The maximum atomic E-state index is 12.9. The van der Waals surface area contributed by atoms with Crippen molar-refractivity contribution in [2.45, 2.75) is 0 Å². The van der Waals surface area contributed by atoms with Gasteiger partial charge in [-0.15, -0.1) is 0 Å². The number of carbonyl (C=O) groups is 2. The fourth-order valence-corrected chi connectivity index (χ4v) is 3.16. The first kappa shape index (κ1) is 17.1. The van der Waals surface area contributed by atoms with Crippen molar-refractivity contribution in [3.63, 3.8) is 0 Å². The summed E-state index contributed by atoms with van der Waals surface area (Å²) >= 11 is 6.07. The van der Waals surface area contributed by atoms with E-state index in [0.717, 1.165) is 0 Å². The number of hydrogen-bond acceptors (Lipinski definition) is 3. The largest absolute Gasteiger partial charge is 0.454 e. The third-order valence-electron chi connectivity index (χ3n) is 4.34. The zero-order chi connectivity index (χ0) is 19.0. The molecule has 0 aliphatic carbocycles. The number of amides is 2. The van der Waals surface area contributed by atoms with E-state index in [1.165, 1.54) is 4.90 Å². The van der Waals surface area contributed by atoms with Crippen LogP contribution in [0.1, 0.15) is 20.7 Å². The number of ether oxygens (including phenoxy) is 1. The number of carbonyl (C=O) groups excluding carboxylic acids is 2. The van der Waals surface area contributed by atoms with Gasteiger partial charge in [-0.1, -0.05) is 35.9 Å². The molecule has 2 amide bonds. The summed E-state index contributed by atoms with van der Waals surface area (Å²) in [5, 5.41) is 3.14. The van der Waals surface area contributed by atoms with Crippen LogP contribution in [0.15, 0.2) is 66.7 Å². The Morgan fingerprint density at radius 2 is 1.74 bits per heavy atom. The van der Waals surface area contributed by atoms with Gasteiger partial charge in [0.2, 0.25) is 0 Å². The predicted octanol–water partition coefficient (Wildman–Crippen LogP) is 4.97. The molecule has 3 aromatic carbocycles. The van der Waals surface area contributed by atoms with Gasteiger partial charge in [-0.3, -0.25) is 9.59 Å². The summed E-state index contributed by atoms with van der Waals surface area (Å²) in [5.41, 5.74) is 1.89. The molecule has 134 valence electrons. The Balaban J connectivity index is 1.67. The molecule has 0 unspecified atom stereocenters. The van der Waals surface area contributed by atoms with Crippen molar-refractivity contribution >= 4 is 34.8 Å². The van der Waals surface area contributed by atoms with Gasteiger partial charge in [-0.05, 0) is 42.5 Å². The van der Waals surface area contributed by atoms with E-state index in [2.05, 4.69) is 5.32 Å². The van der Waals surface area contributed by atoms with Crippen molar-refractivity contribution in [3.05, 3.63) is 82.9 Å². The van der Waals surface area contributed by atoms with Crippen molar-refractivity contribution in [2.75, 3.05) is 17.3 Å². The van der Waals surface area contributed by atoms with E-state index in [-0.39, 0.29) is 11.8 Å². The van der Waals surface area contributed by atoms with Crippen molar-refractivity contribution in [1.82, 2.24) is 0 Å². The number of benzene rings is 3. The van der Waals surface area contributed by atoms with Crippen LogP contribution >= 0.6 is 11.6 Å². The van der Waals surface area contributed by atoms with Crippen LogP contribution in [0.25, 0.3) is 0 Å². The van der Waals surface area contributed by atoms with E-state index in [0.29, 0.717) is 39.0 Å². The second kappa shape index (κ2) is 6.78. The average Bonchev–Trinajstić information content (AvgIpc) is 2.78. The minimum Gasteiger partial charge on any atom is -0.454 e. The fraction of sp³-hybridized carbons (Fsp3) is 0.0476. The third kappa shape index (κ3) is 3.13. The van der Waals surface area contributed by atoms with E-state index < -0.39 is 0 Å². The Kier molecular flexibility index (Phi) is 4.30. The van der Waals surface area contributed by atoms with E-state index in [9.17, 15) is 9.59 Å². The minimum absolute atomic E-state index is 0.219. The van der Waals surface area contributed by atoms with Gasteiger partial charge in [-0.2, -0.15) is 0 Å². The molecule has 5 nitrogen and oxygen atoms in total. The van der Waals surface area contributed by atoms with Crippen molar-refractivity contribution in [1.29, 1.82) is 0 Å². The molecule has 0 saturated heterocycles. The lowest BCUT2D eigenvalue weighted by Gasteiger charge is -2.16. The summed E-state index contributed by atoms with van der Waals surface area (Å²) in [5.74, 6) is 0.468. The van der Waals surface area contributed by atoms with Crippen LogP contribution < -0.4 is 15.0 Å². The highest BCUT2D eigenvalue weighted by molar-refractivity contribution is 6.34. The number of hydrogen-bond donors (Lipinski definition) is 1. The minimum atomic E-state index is -0.348. The van der Waals surface area contributed by atoms with Crippen LogP contribution in [0.4, 0.5) is 11.4 Å². The summed E-state index contributed by atoms with van der Waals surface area (Å²) in [7, 11) is 1.69. The van der Waals surface area contributed by atoms with Crippen LogP contribution in [-0.2, 0) is 0 Å². The van der Waals surface area contributed by atoms with Crippen LogP contribution in [0.3, 0.4) is 0 Å². The molecule has 4 rings (SSSR count). The zero-order valence-corrected chi connectivity index (χ0v) is 15.2. The zero-order valence-electron chi connectivity index (χ0n) is 14.4. The molecule has 6 heteroatoms. The van der Waals surface area contributed by atoms with Crippen LogP contribution in [0, 0.1) is 0 Å². The van der Waals surface area contributed by atoms with Crippen molar-refractivity contribution in [3.8, 4) is 11.5 Å². The molecule has 0 aromatic heterocycles. The number of para-hydroxylation sites is 2. The quantitative estimate of drug-likeness (QED) is 0.684. The van der Waals surface area contributed by atoms with Crippen molar-refractivity contribution in [2.24, 2.45) is 0 Å². The molecule has 3 aromatic rings. The lowest BCUT2D eigenvalue weighted by Crippen LogP contribution is -2.25. The summed E-state index contributed by atoms with van der Waals surface area (Å²) in [6.07, 6.45) is 0. The maximum Gasteiger partial charge on any atom is 0.261 e. The summed E-state index contributed by atoms with van der Waals surface area (Å²) in [4.78, 5) is 26.9. The van der Waals surface area contributed by atoms with Crippen LogP contribution in [0.2, 0.25) is 5.02 Å². The second-order valence-electron chi connectivity index (χ2n) is 6.08. The molecule has 0 bridgehead atoms. The molecular weight excluding hydrogens is 364 g/mol. The normalized spacial score (nSPS) is 12.5. The van der Waals surface area contributed by atoms with E-state index in [4.69, 9.17) is 16.3 Å². The van der Waals surface area contributed by atoms with Crippen molar-refractivity contribution < 1.29 is 14.3 Å². The Hall–Kier alpha value is -3.31. The molecule has 1 aliphatic rings. The topological polar surface area (TPSA) is 58.6 Å². The molecule has 0 radical (unpaired) electrons. The fourth-order valence-electron chi connectivity index (χ4n) is 2.94. The predicted molar refractivity (Wildman–Crippen MR) is 105 cm³/mol. The molecule has 27 heavy (non-hydrogen) atoms. The Morgan fingerprint density at radius 3 is 2.56 bits per heavy atom. The molecule has 0 spiro atoms. The number of anilines is 2. The van der Waals surface area contributed by atoms with Gasteiger partial charge in [0.25, 0.3) is 11.8 Å². The first-order valence-corrected chi connectivity index (χ1v) is 8.67. The molecule has 1 heterocycles. The van der Waals surface area contributed by atoms with Gasteiger partial charge in [0.1, 0.15) is 5.75 Å².